The van der Waals surface area contributed by atoms with Crippen molar-refractivity contribution in [2.24, 2.45) is 23.7 Å². The largest absolute Gasteiger partial charge is 0.0836 e. The number of hydrogen-bond acceptors (Lipinski definition) is 0. The number of aryl methyl sites for hydroxylation is 1. The van der Waals surface area contributed by atoms with Crippen molar-refractivity contribution < 1.29 is 0 Å². The highest BCUT2D eigenvalue weighted by atomic mass is 14.4. The lowest BCUT2D eigenvalue weighted by atomic mass is 9.67. The minimum Gasteiger partial charge on any atom is -0.0836 e. The van der Waals surface area contributed by atoms with Crippen LogP contribution in [0.2, 0.25) is 0 Å². The Hall–Kier alpha value is -2.34. The van der Waals surface area contributed by atoms with Crippen molar-refractivity contribution in [1.82, 2.24) is 0 Å². The maximum absolute atomic E-state index is 2.47. The van der Waals surface area contributed by atoms with Gasteiger partial charge in [0.05, 0.1) is 0 Å². The zero-order chi connectivity index (χ0) is 22.2. The third-order valence-electron chi connectivity index (χ3n) is 8.57. The van der Waals surface area contributed by atoms with Crippen LogP contribution in [0.15, 0.2) is 89.1 Å². The molecule has 5 unspecified atom stereocenters. The van der Waals surface area contributed by atoms with Gasteiger partial charge in [-0.15, -0.1) is 0 Å². The molecule has 1 fully saturated rings. The van der Waals surface area contributed by atoms with Crippen molar-refractivity contribution in [2.75, 3.05) is 0 Å². The van der Waals surface area contributed by atoms with Crippen molar-refractivity contribution >= 4 is 0 Å². The summed E-state index contributed by atoms with van der Waals surface area (Å²) in [6.07, 6.45) is 24.8. The summed E-state index contributed by atoms with van der Waals surface area (Å²) in [6, 6.07) is 7.33. The highest BCUT2D eigenvalue weighted by Crippen LogP contribution is 2.45. The summed E-state index contributed by atoms with van der Waals surface area (Å²) in [5.41, 5.74) is 10.4. The quantitative estimate of drug-likeness (QED) is 0.456. The van der Waals surface area contributed by atoms with Gasteiger partial charge >= 0.3 is 0 Å². The third-order valence-corrected chi connectivity index (χ3v) is 8.57. The average molecular weight is 423 g/mol. The molecule has 0 aromatic heterocycles. The van der Waals surface area contributed by atoms with Crippen LogP contribution in [0.4, 0.5) is 0 Å². The standard InChI is InChI=1S/C32H38/c1-21-17-23(3)32(19-22(21)2)28-15-13-25(18-24(28)4)20-27-14-16-30(26-9-6-5-7-10-26)31-12-8-11-29(27)31/h6,8-16,18,21-23,31-32H,5,7,17,19-20H2,1-4H3. The Morgan fingerprint density at radius 3 is 2.50 bits per heavy atom. The van der Waals surface area contributed by atoms with Crippen molar-refractivity contribution in [2.45, 2.75) is 65.7 Å². The smallest absolute Gasteiger partial charge is 0.0281 e. The number of allylic oxidation sites excluding steroid dienone is 12. The second-order valence-electron chi connectivity index (χ2n) is 10.8. The maximum atomic E-state index is 2.47. The van der Waals surface area contributed by atoms with Crippen LogP contribution in [0.3, 0.4) is 0 Å². The van der Waals surface area contributed by atoms with Gasteiger partial charge in [-0.05, 0) is 102 Å². The lowest BCUT2D eigenvalue weighted by Crippen LogP contribution is -2.26. The summed E-state index contributed by atoms with van der Waals surface area (Å²) in [6.45, 7) is 9.69. The topological polar surface area (TPSA) is 0 Å². The maximum Gasteiger partial charge on any atom is 0.0281 e. The van der Waals surface area contributed by atoms with Gasteiger partial charge in [0.15, 0.2) is 0 Å². The molecule has 5 rings (SSSR count). The summed E-state index contributed by atoms with van der Waals surface area (Å²) in [7, 11) is 0. The molecule has 0 bridgehead atoms. The molecule has 0 amide bonds. The second-order valence-corrected chi connectivity index (χ2v) is 10.8. The molecule has 166 valence electrons. The Labute approximate surface area is 195 Å². The Morgan fingerprint density at radius 2 is 1.72 bits per heavy atom. The lowest BCUT2D eigenvalue weighted by molar-refractivity contribution is 0.189. The van der Waals surface area contributed by atoms with E-state index in [-0.39, 0.29) is 0 Å². The first-order chi connectivity index (χ1) is 15.5. The van der Waals surface area contributed by atoms with E-state index in [0.29, 0.717) is 5.92 Å². The van der Waals surface area contributed by atoms with Crippen LogP contribution in [-0.2, 0) is 6.42 Å². The fourth-order valence-corrected chi connectivity index (χ4v) is 6.48. The van der Waals surface area contributed by atoms with Crippen LogP contribution in [0.25, 0.3) is 0 Å². The first-order valence-electron chi connectivity index (χ1n) is 12.8. The van der Waals surface area contributed by atoms with Gasteiger partial charge in [-0.25, -0.2) is 0 Å². The number of rotatable bonds is 4. The number of fused-ring (bicyclic) bond motifs is 1. The van der Waals surface area contributed by atoms with Gasteiger partial charge in [-0.2, -0.15) is 0 Å². The lowest BCUT2D eigenvalue weighted by Gasteiger charge is -2.38. The third kappa shape index (κ3) is 4.05. The molecular formula is C32H38. The minimum absolute atomic E-state index is 0.427. The van der Waals surface area contributed by atoms with Gasteiger partial charge in [0.1, 0.15) is 0 Å². The van der Waals surface area contributed by atoms with Crippen LogP contribution in [0.5, 0.6) is 0 Å². The Kier molecular flexibility index (Phi) is 5.97. The SMILES string of the molecule is Cc1cc(CC2=CC=C(C3=CCCC=C3)C3C=CC=C23)ccc1C1CC(C)C(C)CC1C. The van der Waals surface area contributed by atoms with E-state index in [1.807, 2.05) is 0 Å². The van der Waals surface area contributed by atoms with E-state index in [1.165, 1.54) is 52.7 Å². The Balaban J connectivity index is 1.37. The van der Waals surface area contributed by atoms with E-state index >= 15 is 0 Å². The monoisotopic (exact) mass is 422 g/mol. The van der Waals surface area contributed by atoms with Gasteiger partial charge in [0.2, 0.25) is 0 Å². The van der Waals surface area contributed by atoms with Crippen molar-refractivity contribution in [1.29, 1.82) is 0 Å². The predicted molar refractivity (Wildman–Crippen MR) is 138 cm³/mol. The molecule has 0 nitrogen and oxygen atoms in total. The molecule has 1 aromatic carbocycles. The van der Waals surface area contributed by atoms with Crippen LogP contribution in [0.1, 0.15) is 69.1 Å². The van der Waals surface area contributed by atoms with Gasteiger partial charge < -0.3 is 0 Å². The van der Waals surface area contributed by atoms with Crippen LogP contribution in [0, 0.1) is 30.6 Å². The molecule has 4 aliphatic carbocycles. The molecule has 0 aliphatic heterocycles. The van der Waals surface area contributed by atoms with Gasteiger partial charge in [0, 0.05) is 5.92 Å². The molecule has 5 atom stereocenters. The first kappa shape index (κ1) is 21.5. The normalized spacial score (nSPS) is 31.6. The van der Waals surface area contributed by atoms with E-state index in [9.17, 15) is 0 Å². The van der Waals surface area contributed by atoms with Gasteiger partial charge in [-0.1, -0.05) is 87.6 Å². The molecule has 0 heterocycles. The number of benzene rings is 1. The molecule has 0 N–H and O–H groups in total. The van der Waals surface area contributed by atoms with Crippen LogP contribution >= 0.6 is 0 Å². The zero-order valence-electron chi connectivity index (χ0n) is 20.3. The Bertz CT molecular complexity index is 1070. The average Bonchev–Trinajstić information content (AvgIpc) is 3.28. The van der Waals surface area contributed by atoms with E-state index in [4.69, 9.17) is 0 Å². The van der Waals surface area contributed by atoms with Gasteiger partial charge in [0.25, 0.3) is 0 Å². The number of hydrogen-bond donors (Lipinski definition) is 0. The molecule has 32 heavy (non-hydrogen) atoms. The van der Waals surface area contributed by atoms with Crippen molar-refractivity contribution in [3.8, 4) is 0 Å². The summed E-state index contributed by atoms with van der Waals surface area (Å²) in [5.74, 6) is 3.62. The molecule has 4 aliphatic rings. The summed E-state index contributed by atoms with van der Waals surface area (Å²) in [4.78, 5) is 0. The summed E-state index contributed by atoms with van der Waals surface area (Å²) < 4.78 is 0. The van der Waals surface area contributed by atoms with Crippen molar-refractivity contribution in [3.63, 3.8) is 0 Å². The van der Waals surface area contributed by atoms with Gasteiger partial charge in [-0.3, -0.25) is 0 Å². The molecule has 1 saturated carbocycles. The van der Waals surface area contributed by atoms with E-state index in [1.54, 1.807) is 5.56 Å². The molecule has 1 aromatic rings. The van der Waals surface area contributed by atoms with E-state index < -0.39 is 0 Å². The summed E-state index contributed by atoms with van der Waals surface area (Å²) in [5, 5.41) is 0. The Morgan fingerprint density at radius 1 is 0.875 bits per heavy atom. The molecular weight excluding hydrogens is 384 g/mol. The fourth-order valence-electron chi connectivity index (χ4n) is 6.48. The van der Waals surface area contributed by atoms with E-state index in [0.717, 1.165) is 36.5 Å². The zero-order valence-corrected chi connectivity index (χ0v) is 20.3. The second kappa shape index (κ2) is 8.89. The molecule has 0 heteroatoms. The first-order valence-corrected chi connectivity index (χ1v) is 12.8. The summed E-state index contributed by atoms with van der Waals surface area (Å²) >= 11 is 0. The molecule has 0 radical (unpaired) electrons. The fraction of sp³-hybridized carbons (Fsp3) is 0.438. The van der Waals surface area contributed by atoms with Crippen LogP contribution < -0.4 is 0 Å². The highest BCUT2D eigenvalue weighted by Gasteiger charge is 2.32. The predicted octanol–water partition coefficient (Wildman–Crippen LogP) is 8.58. The van der Waals surface area contributed by atoms with E-state index in [2.05, 4.69) is 94.5 Å². The van der Waals surface area contributed by atoms with Crippen LogP contribution in [-0.4, -0.2) is 0 Å². The minimum atomic E-state index is 0.427. The highest BCUT2D eigenvalue weighted by molar-refractivity contribution is 5.60. The molecule has 0 spiro atoms. The van der Waals surface area contributed by atoms with Crippen molar-refractivity contribution in [3.05, 3.63) is 106 Å². The molecule has 0 saturated heterocycles.